The van der Waals surface area contributed by atoms with Crippen LogP contribution in [0, 0.1) is 0 Å². The number of rotatable bonds is 7. The summed E-state index contributed by atoms with van der Waals surface area (Å²) >= 11 is -3.19. The molecule has 0 bridgehead atoms. The Balaban J connectivity index is 2.38. The molecule has 0 radical (unpaired) electrons. The predicted molar refractivity (Wildman–Crippen MR) is 122 cm³/mol. The Morgan fingerprint density at radius 3 is 2.06 bits per heavy atom. The van der Waals surface area contributed by atoms with E-state index in [0.29, 0.717) is 18.2 Å². The third kappa shape index (κ3) is 5.38. The molecule has 3 rings (SSSR count). The van der Waals surface area contributed by atoms with E-state index < -0.39 is 89.5 Å². The van der Waals surface area contributed by atoms with Gasteiger partial charge in [0.15, 0.2) is 15.6 Å². The summed E-state index contributed by atoms with van der Waals surface area (Å²) in [6.07, 6.45) is 0. The number of benzene rings is 3. The number of phenolic OH excluding ortho intramolecular Hbond substituents is 2. The largest absolute Gasteiger partial charge is 0.768 e. The Labute approximate surface area is 206 Å². The SMILES string of the molecule is CCS(=O)(=O)c1ccc(O)c(N=Nc2c(S(=O)[O-])cc3cc(S(=O)(=O)O)cc(S(=O)(=O)O)c3c2O)c1. The van der Waals surface area contributed by atoms with Crippen molar-refractivity contribution in [2.45, 2.75) is 26.5 Å². The van der Waals surface area contributed by atoms with Gasteiger partial charge in [-0.2, -0.15) is 16.8 Å². The zero-order chi connectivity index (χ0) is 27.2. The Kier molecular flexibility index (Phi) is 7.25. The fraction of sp³-hybridized carbons (Fsp3) is 0.111. The molecule has 3 aromatic rings. The number of hydrogen-bond donors (Lipinski definition) is 4. The van der Waals surface area contributed by atoms with Crippen molar-refractivity contribution in [1.29, 1.82) is 0 Å². The molecule has 0 saturated carbocycles. The molecule has 3 aromatic carbocycles. The van der Waals surface area contributed by atoms with Gasteiger partial charge in [0, 0.05) is 5.39 Å². The molecule has 0 heterocycles. The van der Waals surface area contributed by atoms with Crippen LogP contribution in [0.5, 0.6) is 11.5 Å². The van der Waals surface area contributed by atoms with E-state index in [4.69, 9.17) is 0 Å². The highest BCUT2D eigenvalue weighted by Gasteiger charge is 2.26. The molecule has 0 aliphatic rings. The highest BCUT2D eigenvalue weighted by atomic mass is 32.2. The lowest BCUT2D eigenvalue weighted by atomic mass is 10.1. The maximum Gasteiger partial charge on any atom is 0.295 e. The van der Waals surface area contributed by atoms with E-state index in [9.17, 15) is 53.3 Å². The molecule has 0 aliphatic heterocycles. The first kappa shape index (κ1) is 27.6. The molecule has 14 nitrogen and oxygen atoms in total. The van der Waals surface area contributed by atoms with E-state index >= 15 is 0 Å². The van der Waals surface area contributed by atoms with Crippen molar-refractivity contribution in [3.05, 3.63) is 36.4 Å². The molecule has 0 aromatic heterocycles. The Bertz CT molecular complexity index is 1780. The fourth-order valence-electron chi connectivity index (χ4n) is 3.05. The van der Waals surface area contributed by atoms with E-state index in [1.54, 1.807) is 0 Å². The normalized spacial score (nSPS) is 13.9. The van der Waals surface area contributed by atoms with Crippen LogP contribution in [-0.4, -0.2) is 59.1 Å². The molecule has 18 heteroatoms. The predicted octanol–water partition coefficient (Wildman–Crippen LogP) is 2.19. The highest BCUT2D eigenvalue weighted by Crippen LogP contribution is 2.44. The van der Waals surface area contributed by atoms with E-state index in [1.165, 1.54) is 6.92 Å². The number of aromatic hydroxyl groups is 2. The Morgan fingerprint density at radius 1 is 0.889 bits per heavy atom. The maximum absolute atomic E-state index is 12.1. The van der Waals surface area contributed by atoms with Gasteiger partial charge >= 0.3 is 0 Å². The summed E-state index contributed by atoms with van der Waals surface area (Å²) in [6.45, 7) is 1.37. The fourth-order valence-corrected chi connectivity index (χ4v) is 5.83. The first-order valence-corrected chi connectivity index (χ1v) is 14.9. The van der Waals surface area contributed by atoms with Gasteiger partial charge in [-0.1, -0.05) is 6.92 Å². The lowest BCUT2D eigenvalue weighted by Gasteiger charge is -2.15. The lowest BCUT2D eigenvalue weighted by Crippen LogP contribution is -2.05. The van der Waals surface area contributed by atoms with Gasteiger partial charge < -0.3 is 14.8 Å². The van der Waals surface area contributed by atoms with Crippen molar-refractivity contribution < 1.29 is 53.3 Å². The molecule has 0 aliphatic carbocycles. The smallest absolute Gasteiger partial charge is 0.295 e. The van der Waals surface area contributed by atoms with Gasteiger partial charge in [0.2, 0.25) is 0 Å². The third-order valence-corrected chi connectivity index (χ3v) is 8.90. The average molecular weight is 580 g/mol. The van der Waals surface area contributed by atoms with Crippen molar-refractivity contribution in [1.82, 2.24) is 0 Å². The Hall–Kier alpha value is -3.00. The van der Waals surface area contributed by atoms with Crippen LogP contribution >= 0.6 is 0 Å². The van der Waals surface area contributed by atoms with E-state index in [-0.39, 0.29) is 10.6 Å². The second-order valence-corrected chi connectivity index (χ2v) is 13.0. The Morgan fingerprint density at radius 2 is 1.53 bits per heavy atom. The van der Waals surface area contributed by atoms with Crippen LogP contribution in [0.4, 0.5) is 11.4 Å². The van der Waals surface area contributed by atoms with Crippen molar-refractivity contribution in [3.63, 3.8) is 0 Å². The number of phenols is 2. The standard InChI is InChI=1S/C18H16N2O12S4/c1-2-34(25,26)10-3-4-13(21)12(7-10)19-20-17-14(33(23)24)6-9-5-11(35(27,28)29)8-15(36(30,31)32)16(9)18(17)22/h3-8,21-22H,2H2,1H3,(H,23,24)(H,27,28,29)(H,30,31,32)/p-1. The maximum atomic E-state index is 12.1. The molecule has 1 atom stereocenters. The number of sulfone groups is 1. The first-order valence-electron chi connectivity index (χ1n) is 9.33. The summed E-state index contributed by atoms with van der Waals surface area (Å²) < 4.78 is 114. The average Bonchev–Trinajstić information content (AvgIpc) is 2.76. The molecule has 36 heavy (non-hydrogen) atoms. The zero-order valence-corrected chi connectivity index (χ0v) is 21.0. The van der Waals surface area contributed by atoms with Crippen molar-refractivity contribution in [2.75, 3.05) is 5.75 Å². The molecule has 0 saturated heterocycles. The second kappa shape index (κ2) is 9.47. The molecule has 0 amide bonds. The topological polar surface area (TPSA) is 248 Å². The highest BCUT2D eigenvalue weighted by molar-refractivity contribution is 7.91. The molecule has 1 unspecified atom stereocenters. The van der Waals surface area contributed by atoms with Gasteiger partial charge in [-0.15, -0.1) is 10.2 Å². The van der Waals surface area contributed by atoms with Crippen LogP contribution in [0.25, 0.3) is 10.8 Å². The summed E-state index contributed by atoms with van der Waals surface area (Å²) in [5.74, 6) is -2.04. The number of fused-ring (bicyclic) bond motifs is 1. The number of azo groups is 1. The van der Waals surface area contributed by atoms with Crippen molar-refractivity contribution in [3.8, 4) is 11.5 Å². The van der Waals surface area contributed by atoms with Crippen LogP contribution < -0.4 is 0 Å². The molecule has 0 spiro atoms. The monoisotopic (exact) mass is 579 g/mol. The summed E-state index contributed by atoms with van der Waals surface area (Å²) in [6, 6.07) is 4.65. The summed E-state index contributed by atoms with van der Waals surface area (Å²) in [7, 11) is -14.0. The number of nitrogens with zero attached hydrogens (tertiary/aromatic N) is 2. The zero-order valence-electron chi connectivity index (χ0n) is 17.8. The quantitative estimate of drug-likeness (QED) is 0.179. The summed E-state index contributed by atoms with van der Waals surface area (Å²) in [4.78, 5) is -3.31. The molecular formula is C18H15N2O12S4-. The van der Waals surface area contributed by atoms with Crippen LogP contribution in [0.15, 0.2) is 66.2 Å². The van der Waals surface area contributed by atoms with Crippen LogP contribution in [0.2, 0.25) is 0 Å². The molecule has 194 valence electrons. The van der Waals surface area contributed by atoms with Gasteiger partial charge in [0.25, 0.3) is 20.2 Å². The van der Waals surface area contributed by atoms with Gasteiger partial charge in [-0.05, 0) is 52.9 Å². The van der Waals surface area contributed by atoms with Crippen LogP contribution in [-0.2, 0) is 41.2 Å². The summed E-state index contributed by atoms with van der Waals surface area (Å²) in [5.41, 5.74) is -1.34. The van der Waals surface area contributed by atoms with Gasteiger partial charge in [-0.3, -0.25) is 13.3 Å². The van der Waals surface area contributed by atoms with Crippen molar-refractivity contribution >= 4 is 63.3 Å². The molecular weight excluding hydrogens is 564 g/mol. The van der Waals surface area contributed by atoms with E-state index in [2.05, 4.69) is 10.2 Å². The lowest BCUT2D eigenvalue weighted by molar-refractivity contribution is 0.472. The third-order valence-electron chi connectivity index (χ3n) is 4.79. The minimum absolute atomic E-state index is 0.251. The van der Waals surface area contributed by atoms with Crippen molar-refractivity contribution in [2.24, 2.45) is 10.2 Å². The van der Waals surface area contributed by atoms with Gasteiger partial charge in [-0.25, -0.2) is 8.42 Å². The van der Waals surface area contributed by atoms with E-state index in [1.807, 2.05) is 0 Å². The molecule has 0 fully saturated rings. The van der Waals surface area contributed by atoms with E-state index in [0.717, 1.165) is 18.2 Å². The van der Waals surface area contributed by atoms with Crippen LogP contribution in [0.1, 0.15) is 6.92 Å². The number of hydrogen-bond acceptors (Lipinski definition) is 12. The minimum atomic E-state index is -5.25. The minimum Gasteiger partial charge on any atom is -0.768 e. The van der Waals surface area contributed by atoms with Crippen LogP contribution in [0.3, 0.4) is 0 Å². The van der Waals surface area contributed by atoms with Gasteiger partial charge in [0.05, 0.1) is 20.4 Å². The second-order valence-electron chi connectivity index (χ2n) is 7.03. The van der Waals surface area contributed by atoms with Gasteiger partial charge in [0.1, 0.15) is 22.0 Å². The molecule has 4 N–H and O–H groups in total. The summed E-state index contributed by atoms with van der Waals surface area (Å²) in [5, 5.41) is 26.5. The first-order chi connectivity index (χ1) is 16.5.